The van der Waals surface area contributed by atoms with E-state index in [-0.39, 0.29) is 18.0 Å². The first-order valence-corrected chi connectivity index (χ1v) is 14.7. The first-order chi connectivity index (χ1) is 15.7. The molecule has 0 spiro atoms. The van der Waals surface area contributed by atoms with Crippen LogP contribution in [0.1, 0.15) is 181 Å². The van der Waals surface area contributed by atoms with Gasteiger partial charge in [-0.25, -0.2) is 0 Å². The maximum absolute atomic E-state index is 11.9. The van der Waals surface area contributed by atoms with Crippen molar-refractivity contribution in [3.63, 3.8) is 0 Å². The van der Waals surface area contributed by atoms with Crippen molar-refractivity contribution in [1.82, 2.24) is 0 Å². The van der Waals surface area contributed by atoms with Crippen LogP contribution in [-0.4, -0.2) is 11.6 Å². The number of carbonyl (C=O) groups excluding carboxylic acids is 2. The van der Waals surface area contributed by atoms with Crippen LogP contribution < -0.4 is 0 Å². The zero-order valence-corrected chi connectivity index (χ0v) is 22.2. The highest BCUT2D eigenvalue weighted by Gasteiger charge is 2.09. The topological polar surface area (TPSA) is 34.1 Å². The fraction of sp³-hybridized carbons (Fsp3) is 0.933. The Balaban J connectivity index is 3.20. The lowest BCUT2D eigenvalue weighted by Gasteiger charge is -2.04. The maximum atomic E-state index is 11.9. The summed E-state index contributed by atoms with van der Waals surface area (Å²) >= 11 is 0. The molecule has 0 heterocycles. The minimum Gasteiger partial charge on any atom is -0.299 e. The molecule has 0 N–H and O–H groups in total. The molecule has 0 amide bonds. The fourth-order valence-electron chi connectivity index (χ4n) is 4.55. The summed E-state index contributed by atoms with van der Waals surface area (Å²) in [6.45, 7) is 4.46. The van der Waals surface area contributed by atoms with E-state index in [1.54, 1.807) is 0 Å². The van der Waals surface area contributed by atoms with Gasteiger partial charge in [0.15, 0.2) is 0 Å². The van der Waals surface area contributed by atoms with E-state index >= 15 is 0 Å². The van der Waals surface area contributed by atoms with Crippen LogP contribution in [0.3, 0.4) is 0 Å². The van der Waals surface area contributed by atoms with Gasteiger partial charge in [0.25, 0.3) is 0 Å². The third-order valence-electron chi connectivity index (χ3n) is 6.76. The second kappa shape index (κ2) is 26.6. The van der Waals surface area contributed by atoms with E-state index in [0.717, 1.165) is 25.7 Å². The molecule has 190 valence electrons. The van der Waals surface area contributed by atoms with Crippen LogP contribution in [0.5, 0.6) is 0 Å². The van der Waals surface area contributed by atoms with Crippen molar-refractivity contribution in [1.29, 1.82) is 0 Å². The van der Waals surface area contributed by atoms with Crippen molar-refractivity contribution in [2.75, 3.05) is 0 Å². The van der Waals surface area contributed by atoms with Gasteiger partial charge < -0.3 is 0 Å². The first-order valence-electron chi connectivity index (χ1n) is 14.7. The molecule has 0 aliphatic rings. The van der Waals surface area contributed by atoms with E-state index in [4.69, 9.17) is 0 Å². The molecule has 0 saturated heterocycles. The molecule has 0 rings (SSSR count). The van der Waals surface area contributed by atoms with E-state index < -0.39 is 0 Å². The van der Waals surface area contributed by atoms with Crippen molar-refractivity contribution in [3.8, 4) is 0 Å². The quantitative estimate of drug-likeness (QED) is 0.0921. The summed E-state index contributed by atoms with van der Waals surface area (Å²) in [7, 11) is 0. The van der Waals surface area contributed by atoms with Crippen LogP contribution in [-0.2, 0) is 9.59 Å². The van der Waals surface area contributed by atoms with Gasteiger partial charge in [-0.2, -0.15) is 0 Å². The van der Waals surface area contributed by atoms with E-state index in [2.05, 4.69) is 13.8 Å². The van der Waals surface area contributed by atoms with Crippen LogP contribution in [0.4, 0.5) is 0 Å². The van der Waals surface area contributed by atoms with Gasteiger partial charge in [0, 0.05) is 12.8 Å². The van der Waals surface area contributed by atoms with Gasteiger partial charge in [0.05, 0.1) is 6.42 Å². The third kappa shape index (κ3) is 25.6. The minimum absolute atomic E-state index is 0.156. The molecule has 32 heavy (non-hydrogen) atoms. The summed E-state index contributed by atoms with van der Waals surface area (Å²) in [5, 5.41) is 0. The largest absolute Gasteiger partial charge is 0.299 e. The average molecular weight is 451 g/mol. The van der Waals surface area contributed by atoms with Crippen LogP contribution in [0, 0.1) is 0 Å². The summed E-state index contributed by atoms with van der Waals surface area (Å²) in [5.74, 6) is 0.321. The Bertz CT molecular complexity index is 402. The molecule has 0 aromatic heterocycles. The Kier molecular flexibility index (Phi) is 26.0. The van der Waals surface area contributed by atoms with Gasteiger partial charge in [-0.15, -0.1) is 0 Å². The van der Waals surface area contributed by atoms with Crippen LogP contribution in [0.25, 0.3) is 0 Å². The van der Waals surface area contributed by atoms with E-state index in [1.807, 2.05) is 0 Å². The van der Waals surface area contributed by atoms with Crippen molar-refractivity contribution >= 4 is 11.6 Å². The molecule has 2 nitrogen and oxygen atoms in total. The molecule has 0 radical (unpaired) electrons. The Morgan fingerprint density at radius 1 is 0.344 bits per heavy atom. The lowest BCUT2D eigenvalue weighted by atomic mass is 10.0. The number of hydrogen-bond acceptors (Lipinski definition) is 2. The summed E-state index contributed by atoms with van der Waals surface area (Å²) in [6.07, 6.45) is 31.9. The molecule has 0 unspecified atom stereocenters. The molecular weight excluding hydrogens is 392 g/mol. The zero-order valence-electron chi connectivity index (χ0n) is 22.2. The second-order valence-electron chi connectivity index (χ2n) is 10.2. The van der Waals surface area contributed by atoms with Gasteiger partial charge in [0.1, 0.15) is 11.6 Å². The number of ketones is 2. The van der Waals surface area contributed by atoms with Crippen molar-refractivity contribution < 1.29 is 9.59 Å². The van der Waals surface area contributed by atoms with Crippen molar-refractivity contribution in [2.45, 2.75) is 181 Å². The highest BCUT2D eigenvalue weighted by atomic mass is 16.1. The standard InChI is InChI=1S/C30H58O2/c1-3-5-7-9-10-11-12-13-14-15-16-17-18-19-20-21-22-23-25-27-30(32)28-29(31)26-24-8-6-4-2/h3-28H2,1-2H3. The van der Waals surface area contributed by atoms with Gasteiger partial charge >= 0.3 is 0 Å². The van der Waals surface area contributed by atoms with Crippen molar-refractivity contribution in [2.24, 2.45) is 0 Å². The zero-order chi connectivity index (χ0) is 23.5. The average Bonchev–Trinajstić information content (AvgIpc) is 2.78. The molecule has 0 fully saturated rings. The molecule has 0 aliphatic heterocycles. The molecule has 0 atom stereocenters. The van der Waals surface area contributed by atoms with Crippen LogP contribution in [0.15, 0.2) is 0 Å². The van der Waals surface area contributed by atoms with E-state index in [9.17, 15) is 9.59 Å². The number of unbranched alkanes of at least 4 members (excludes halogenated alkanes) is 21. The summed E-state index contributed by atoms with van der Waals surface area (Å²) in [5.41, 5.74) is 0. The molecule has 0 saturated carbocycles. The Morgan fingerprint density at radius 2 is 0.562 bits per heavy atom. The predicted molar refractivity (Wildman–Crippen MR) is 141 cm³/mol. The van der Waals surface area contributed by atoms with Gasteiger partial charge in [0.2, 0.25) is 0 Å². The highest BCUT2D eigenvalue weighted by Crippen LogP contribution is 2.15. The lowest BCUT2D eigenvalue weighted by Crippen LogP contribution is -2.07. The van der Waals surface area contributed by atoms with Crippen LogP contribution in [0.2, 0.25) is 0 Å². The third-order valence-corrected chi connectivity index (χ3v) is 6.76. The SMILES string of the molecule is CCCCCCCCCCCCCCCCCCCCCC(=O)CC(=O)CCCCCC. The number of hydrogen-bond donors (Lipinski definition) is 0. The van der Waals surface area contributed by atoms with E-state index in [1.165, 1.54) is 122 Å². The van der Waals surface area contributed by atoms with Gasteiger partial charge in [-0.3, -0.25) is 9.59 Å². The fourth-order valence-corrected chi connectivity index (χ4v) is 4.55. The van der Waals surface area contributed by atoms with E-state index in [0.29, 0.717) is 12.8 Å². The smallest absolute Gasteiger partial charge is 0.140 e. The maximum Gasteiger partial charge on any atom is 0.140 e. The molecule has 0 bridgehead atoms. The van der Waals surface area contributed by atoms with Gasteiger partial charge in [-0.1, -0.05) is 149 Å². The minimum atomic E-state index is 0.156. The highest BCUT2D eigenvalue weighted by molar-refractivity contribution is 5.98. The van der Waals surface area contributed by atoms with Crippen LogP contribution >= 0.6 is 0 Å². The number of carbonyl (C=O) groups is 2. The molecule has 2 heteroatoms. The van der Waals surface area contributed by atoms with Crippen molar-refractivity contribution in [3.05, 3.63) is 0 Å². The molecular formula is C30H58O2. The molecule has 0 aliphatic carbocycles. The normalized spacial score (nSPS) is 11.2. The summed E-state index contributed by atoms with van der Waals surface area (Å²) in [6, 6.07) is 0. The first kappa shape index (κ1) is 31.3. The Hall–Kier alpha value is -0.660. The lowest BCUT2D eigenvalue weighted by molar-refractivity contribution is -0.127. The summed E-state index contributed by atoms with van der Waals surface area (Å²) < 4.78 is 0. The number of Topliss-reactive ketones (excluding diaryl/α,β-unsaturated/α-hetero) is 2. The second-order valence-corrected chi connectivity index (χ2v) is 10.2. The molecule has 0 aromatic rings. The summed E-state index contributed by atoms with van der Waals surface area (Å²) in [4.78, 5) is 23.7. The molecule has 0 aromatic carbocycles. The predicted octanol–water partition coefficient (Wildman–Crippen LogP) is 10.3. The van der Waals surface area contributed by atoms with Gasteiger partial charge in [-0.05, 0) is 12.8 Å². The monoisotopic (exact) mass is 450 g/mol. The Labute approximate surface area is 202 Å². The Morgan fingerprint density at radius 3 is 0.844 bits per heavy atom. The number of rotatable bonds is 27.